The first-order valence-electron chi connectivity index (χ1n) is 7.58. The third-order valence-corrected chi connectivity index (χ3v) is 4.65. The Morgan fingerprint density at radius 2 is 2.05 bits per heavy atom. The van der Waals surface area contributed by atoms with E-state index in [0.717, 1.165) is 37.5 Å². The van der Waals surface area contributed by atoms with Gasteiger partial charge in [-0.25, -0.2) is 4.39 Å². The second-order valence-electron chi connectivity index (χ2n) is 5.81. The Kier molecular flexibility index (Phi) is 4.22. The van der Waals surface area contributed by atoms with Crippen LogP contribution >= 0.6 is 0 Å². The molecule has 1 aliphatic heterocycles. The predicted octanol–water partition coefficient (Wildman–Crippen LogP) is 2.58. The predicted molar refractivity (Wildman–Crippen MR) is 77.5 cm³/mol. The number of nitrogens with one attached hydrogen (secondary N) is 1. The van der Waals surface area contributed by atoms with Crippen LogP contribution in [0.25, 0.3) is 0 Å². The van der Waals surface area contributed by atoms with Crippen LogP contribution in [0, 0.1) is 11.7 Å². The molecule has 20 heavy (non-hydrogen) atoms. The molecular formula is C16H23FN2O. The summed E-state index contributed by atoms with van der Waals surface area (Å²) in [6, 6.07) is 5.22. The molecular weight excluding hydrogens is 255 g/mol. The molecule has 4 heteroatoms. The molecule has 0 radical (unpaired) electrons. The van der Waals surface area contributed by atoms with E-state index in [9.17, 15) is 4.39 Å². The van der Waals surface area contributed by atoms with Crippen molar-refractivity contribution >= 4 is 0 Å². The number of hydrogen-bond acceptors (Lipinski definition) is 3. The van der Waals surface area contributed by atoms with Crippen molar-refractivity contribution in [2.75, 3.05) is 33.3 Å². The van der Waals surface area contributed by atoms with Crippen molar-refractivity contribution in [3.63, 3.8) is 0 Å². The summed E-state index contributed by atoms with van der Waals surface area (Å²) in [5.41, 5.74) is 1.03. The molecule has 2 aliphatic rings. The highest BCUT2D eigenvalue weighted by molar-refractivity contribution is 5.37. The molecule has 1 atom stereocenters. The van der Waals surface area contributed by atoms with Crippen molar-refractivity contribution in [2.24, 2.45) is 5.92 Å². The molecule has 3 nitrogen and oxygen atoms in total. The van der Waals surface area contributed by atoms with Crippen molar-refractivity contribution in [1.29, 1.82) is 0 Å². The Balaban J connectivity index is 1.93. The molecule has 0 bridgehead atoms. The second kappa shape index (κ2) is 6.10. The van der Waals surface area contributed by atoms with Gasteiger partial charge in [0.1, 0.15) is 11.6 Å². The Morgan fingerprint density at radius 3 is 2.65 bits per heavy atom. The van der Waals surface area contributed by atoms with E-state index in [4.69, 9.17) is 4.74 Å². The van der Waals surface area contributed by atoms with Crippen LogP contribution in [-0.4, -0.2) is 38.2 Å². The van der Waals surface area contributed by atoms with Gasteiger partial charge in [-0.3, -0.25) is 4.90 Å². The van der Waals surface area contributed by atoms with E-state index in [1.165, 1.54) is 25.3 Å². The number of rotatable bonds is 4. The molecule has 1 N–H and O–H groups in total. The zero-order chi connectivity index (χ0) is 13.9. The summed E-state index contributed by atoms with van der Waals surface area (Å²) in [4.78, 5) is 2.50. The minimum absolute atomic E-state index is 0.166. The lowest BCUT2D eigenvalue weighted by atomic mass is 9.76. The fourth-order valence-corrected chi connectivity index (χ4v) is 3.40. The summed E-state index contributed by atoms with van der Waals surface area (Å²) in [5.74, 6) is 1.30. The maximum absolute atomic E-state index is 13.7. The maximum atomic E-state index is 13.7. The van der Waals surface area contributed by atoms with Gasteiger partial charge in [0.25, 0.3) is 0 Å². The average Bonchev–Trinajstić information content (AvgIpc) is 2.43. The van der Waals surface area contributed by atoms with Crippen molar-refractivity contribution in [2.45, 2.75) is 25.3 Å². The summed E-state index contributed by atoms with van der Waals surface area (Å²) in [5, 5.41) is 3.39. The number of piperazine rings is 1. The molecule has 110 valence electrons. The monoisotopic (exact) mass is 278 g/mol. The lowest BCUT2D eigenvalue weighted by Gasteiger charge is -2.43. The van der Waals surface area contributed by atoms with Gasteiger partial charge in [0.15, 0.2) is 0 Å². The summed E-state index contributed by atoms with van der Waals surface area (Å²) in [6.45, 7) is 4.09. The van der Waals surface area contributed by atoms with Gasteiger partial charge >= 0.3 is 0 Å². The number of halogens is 1. The lowest BCUT2D eigenvalue weighted by molar-refractivity contribution is 0.0816. The minimum atomic E-state index is -0.166. The first-order chi connectivity index (χ1) is 9.79. The van der Waals surface area contributed by atoms with E-state index in [1.54, 1.807) is 19.2 Å². The molecule has 0 amide bonds. The normalized spacial score (nSPS) is 22.3. The first kappa shape index (κ1) is 13.8. The quantitative estimate of drug-likeness (QED) is 0.916. The largest absolute Gasteiger partial charge is 0.496 e. The molecule has 1 saturated carbocycles. The van der Waals surface area contributed by atoms with E-state index in [-0.39, 0.29) is 5.82 Å². The van der Waals surface area contributed by atoms with Crippen molar-refractivity contribution < 1.29 is 9.13 Å². The van der Waals surface area contributed by atoms with Gasteiger partial charge < -0.3 is 10.1 Å². The van der Waals surface area contributed by atoms with Crippen LogP contribution in [0.1, 0.15) is 30.9 Å². The fourth-order valence-electron chi connectivity index (χ4n) is 3.40. The minimum Gasteiger partial charge on any atom is -0.496 e. The standard InChI is InChI=1S/C16H23FN2O/c1-20-15-6-5-13(17)11-14(15)16(12-3-2-4-12)19-9-7-18-8-10-19/h5-6,11-12,16,18H,2-4,7-10H2,1H3/t16-/m0/s1. The molecule has 0 aromatic heterocycles. The van der Waals surface area contributed by atoms with E-state index in [1.807, 2.05) is 0 Å². The Bertz CT molecular complexity index is 456. The number of ether oxygens (including phenoxy) is 1. The summed E-state index contributed by atoms with van der Waals surface area (Å²) >= 11 is 0. The molecule has 1 heterocycles. The summed E-state index contributed by atoms with van der Waals surface area (Å²) in [7, 11) is 1.67. The number of methoxy groups -OCH3 is 1. The maximum Gasteiger partial charge on any atom is 0.123 e. The highest BCUT2D eigenvalue weighted by atomic mass is 19.1. The SMILES string of the molecule is COc1ccc(F)cc1[C@H](C1CCC1)N1CCNCC1. The van der Waals surface area contributed by atoms with Crippen LogP contribution in [0.4, 0.5) is 4.39 Å². The average molecular weight is 278 g/mol. The Hall–Kier alpha value is -1.13. The van der Waals surface area contributed by atoms with Gasteiger partial charge in [-0.2, -0.15) is 0 Å². The first-order valence-corrected chi connectivity index (χ1v) is 7.58. The third-order valence-electron chi connectivity index (χ3n) is 4.65. The summed E-state index contributed by atoms with van der Waals surface area (Å²) in [6.07, 6.45) is 3.79. The highest BCUT2D eigenvalue weighted by Crippen LogP contribution is 2.44. The smallest absolute Gasteiger partial charge is 0.123 e. The molecule has 0 spiro atoms. The molecule has 0 unspecified atom stereocenters. The van der Waals surface area contributed by atoms with E-state index >= 15 is 0 Å². The molecule has 1 saturated heterocycles. The van der Waals surface area contributed by atoms with Gasteiger partial charge in [-0.05, 0) is 37.0 Å². The van der Waals surface area contributed by atoms with Gasteiger partial charge in [0, 0.05) is 37.8 Å². The van der Waals surface area contributed by atoms with E-state index in [0.29, 0.717) is 12.0 Å². The third kappa shape index (κ3) is 2.67. The number of nitrogens with zero attached hydrogens (tertiary/aromatic N) is 1. The lowest BCUT2D eigenvalue weighted by Crippen LogP contribution is -2.47. The molecule has 3 rings (SSSR count). The summed E-state index contributed by atoms with van der Waals surface area (Å²) < 4.78 is 19.2. The van der Waals surface area contributed by atoms with Crippen LogP contribution < -0.4 is 10.1 Å². The van der Waals surface area contributed by atoms with E-state index < -0.39 is 0 Å². The van der Waals surface area contributed by atoms with Gasteiger partial charge in [-0.15, -0.1) is 0 Å². The van der Waals surface area contributed by atoms with Crippen LogP contribution in [0.15, 0.2) is 18.2 Å². The molecule has 1 aliphatic carbocycles. The molecule has 1 aromatic carbocycles. The second-order valence-corrected chi connectivity index (χ2v) is 5.81. The van der Waals surface area contributed by atoms with Gasteiger partial charge in [-0.1, -0.05) is 6.42 Å². The Labute approximate surface area is 120 Å². The van der Waals surface area contributed by atoms with Crippen LogP contribution in [-0.2, 0) is 0 Å². The zero-order valence-electron chi connectivity index (χ0n) is 12.1. The fraction of sp³-hybridized carbons (Fsp3) is 0.625. The topological polar surface area (TPSA) is 24.5 Å². The van der Waals surface area contributed by atoms with Crippen LogP contribution in [0.2, 0.25) is 0 Å². The van der Waals surface area contributed by atoms with Crippen LogP contribution in [0.3, 0.4) is 0 Å². The zero-order valence-corrected chi connectivity index (χ0v) is 12.1. The Morgan fingerprint density at radius 1 is 1.30 bits per heavy atom. The van der Waals surface area contributed by atoms with Gasteiger partial charge in [0.2, 0.25) is 0 Å². The number of benzene rings is 1. The molecule has 1 aromatic rings. The van der Waals surface area contributed by atoms with Crippen molar-refractivity contribution in [3.05, 3.63) is 29.6 Å². The number of hydrogen-bond donors (Lipinski definition) is 1. The van der Waals surface area contributed by atoms with Crippen LogP contribution in [0.5, 0.6) is 5.75 Å². The van der Waals surface area contributed by atoms with Gasteiger partial charge in [0.05, 0.1) is 7.11 Å². The van der Waals surface area contributed by atoms with E-state index in [2.05, 4.69) is 10.2 Å². The van der Waals surface area contributed by atoms with Crippen molar-refractivity contribution in [3.8, 4) is 5.75 Å². The molecule has 2 fully saturated rings. The highest BCUT2D eigenvalue weighted by Gasteiger charge is 2.35. The van der Waals surface area contributed by atoms with Crippen molar-refractivity contribution in [1.82, 2.24) is 10.2 Å².